The van der Waals surface area contributed by atoms with Crippen LogP contribution in [-0.4, -0.2) is 38.7 Å². The van der Waals surface area contributed by atoms with Gasteiger partial charge in [-0.25, -0.2) is 0 Å². The number of allylic oxidation sites excluding steroid dienone is 1. The topological polar surface area (TPSA) is 46.2 Å². The van der Waals surface area contributed by atoms with Crippen molar-refractivity contribution in [3.63, 3.8) is 0 Å². The predicted molar refractivity (Wildman–Crippen MR) is 119 cm³/mol. The van der Waals surface area contributed by atoms with Crippen LogP contribution in [0, 0.1) is 0 Å². The molecule has 0 N–H and O–H groups in total. The third-order valence-electron chi connectivity index (χ3n) is 5.37. The summed E-state index contributed by atoms with van der Waals surface area (Å²) in [7, 11) is -0.118. The van der Waals surface area contributed by atoms with E-state index >= 15 is 0 Å². The van der Waals surface area contributed by atoms with E-state index in [1.807, 2.05) is 24.3 Å². The molecular weight excluding hydrogens is 400 g/mol. The molecule has 0 amide bonds. The molecule has 1 aliphatic heterocycles. The third kappa shape index (κ3) is 4.88. The minimum atomic E-state index is -2.55. The maximum atomic E-state index is 6.50. The number of aryl methyl sites for hydroxylation is 1. The fraction of sp³-hybridized carbons (Fsp3) is 0.364. The minimum absolute atomic E-state index is 0.561. The number of rotatable bonds is 10. The molecule has 0 saturated heterocycles. The van der Waals surface area contributed by atoms with Crippen molar-refractivity contribution in [2.75, 3.05) is 21.3 Å². The lowest BCUT2D eigenvalue weighted by atomic mass is 10.1. The average molecular weight is 431 g/mol. The molecule has 1 atom stereocenters. The van der Waals surface area contributed by atoms with E-state index < -0.39 is 17.4 Å². The van der Waals surface area contributed by atoms with Crippen LogP contribution in [0.1, 0.15) is 17.5 Å². The molecule has 1 unspecified atom stereocenters. The van der Waals surface area contributed by atoms with E-state index in [2.05, 4.69) is 36.9 Å². The number of hydrogen-bond acceptors (Lipinski definition) is 5. The molecule has 0 fully saturated rings. The number of hydrogen-bond donors (Lipinski definition) is 0. The van der Waals surface area contributed by atoms with Crippen LogP contribution in [0.15, 0.2) is 61.2 Å². The van der Waals surface area contributed by atoms with Gasteiger partial charge in [-0.1, -0.05) is 42.5 Å². The predicted octanol–water partition coefficient (Wildman–Crippen LogP) is 3.94. The summed E-state index contributed by atoms with van der Waals surface area (Å²) in [5.41, 5.74) is 2.35. The Balaban J connectivity index is 1.71. The molecule has 0 saturated carbocycles. The standard InChI is InChI=1S/C22H30O5Si2/c1-5-15-28(21-11-7-6-8-12-21)26-18-20-17-19(13-14-22(20)27-28)10-9-16-29(23-2,24-3)25-4/h5-8,11-14,17H,1,9-10,15-16,18H2,2-4H3. The zero-order valence-corrected chi connectivity index (χ0v) is 19.5. The van der Waals surface area contributed by atoms with Gasteiger partial charge in [0.1, 0.15) is 5.75 Å². The van der Waals surface area contributed by atoms with Gasteiger partial charge in [0.15, 0.2) is 0 Å². The van der Waals surface area contributed by atoms with Crippen molar-refractivity contribution in [2.24, 2.45) is 0 Å². The van der Waals surface area contributed by atoms with Crippen LogP contribution in [0.4, 0.5) is 0 Å². The zero-order valence-electron chi connectivity index (χ0n) is 17.5. The van der Waals surface area contributed by atoms with Gasteiger partial charge in [0.05, 0.1) is 6.61 Å². The van der Waals surface area contributed by atoms with Crippen molar-refractivity contribution in [2.45, 2.75) is 31.5 Å². The van der Waals surface area contributed by atoms with E-state index in [0.29, 0.717) is 6.61 Å². The molecule has 7 heteroatoms. The smallest absolute Gasteiger partial charge is 0.500 e. The van der Waals surface area contributed by atoms with Crippen molar-refractivity contribution < 1.29 is 22.1 Å². The van der Waals surface area contributed by atoms with Gasteiger partial charge < -0.3 is 22.1 Å². The molecule has 29 heavy (non-hydrogen) atoms. The summed E-state index contributed by atoms with van der Waals surface area (Å²) in [6.07, 6.45) is 3.75. The van der Waals surface area contributed by atoms with E-state index in [9.17, 15) is 0 Å². The number of benzene rings is 2. The highest BCUT2D eigenvalue weighted by molar-refractivity contribution is 6.82. The van der Waals surface area contributed by atoms with Crippen LogP contribution >= 0.6 is 0 Å². The first-order valence-electron chi connectivity index (χ1n) is 9.87. The van der Waals surface area contributed by atoms with Crippen LogP contribution in [-0.2, 0) is 30.7 Å². The third-order valence-corrected chi connectivity index (χ3v) is 11.4. The second-order valence-corrected chi connectivity index (χ2v) is 13.2. The van der Waals surface area contributed by atoms with Crippen molar-refractivity contribution >= 4 is 22.6 Å². The van der Waals surface area contributed by atoms with Crippen molar-refractivity contribution in [1.82, 2.24) is 0 Å². The van der Waals surface area contributed by atoms with Crippen molar-refractivity contribution in [3.8, 4) is 5.75 Å². The highest BCUT2D eigenvalue weighted by Crippen LogP contribution is 2.32. The molecule has 0 aliphatic carbocycles. The summed E-state index contributed by atoms with van der Waals surface area (Å²) in [4.78, 5) is 0. The molecular formula is C22H30O5Si2. The molecule has 0 bridgehead atoms. The van der Waals surface area contributed by atoms with Gasteiger partial charge in [-0.05, 0) is 30.5 Å². The highest BCUT2D eigenvalue weighted by atomic mass is 28.4. The molecule has 1 heterocycles. The normalized spacial score (nSPS) is 18.7. The quantitative estimate of drug-likeness (QED) is 0.422. The molecule has 5 nitrogen and oxygen atoms in total. The lowest BCUT2D eigenvalue weighted by Gasteiger charge is -2.35. The van der Waals surface area contributed by atoms with Crippen LogP contribution in [0.2, 0.25) is 12.1 Å². The Morgan fingerprint density at radius 1 is 1.07 bits per heavy atom. The Morgan fingerprint density at radius 2 is 1.79 bits per heavy atom. The Labute approximate surface area is 175 Å². The minimum Gasteiger partial charge on any atom is -0.517 e. The molecule has 3 rings (SSSR count). The van der Waals surface area contributed by atoms with Crippen LogP contribution < -0.4 is 9.61 Å². The maximum absolute atomic E-state index is 6.50. The van der Waals surface area contributed by atoms with Crippen LogP contribution in [0.5, 0.6) is 5.75 Å². The Morgan fingerprint density at radius 3 is 2.45 bits per heavy atom. The Bertz CT molecular complexity index is 802. The second kappa shape index (κ2) is 9.84. The summed E-state index contributed by atoms with van der Waals surface area (Å²) in [5, 5.41) is 1.13. The van der Waals surface area contributed by atoms with Crippen LogP contribution in [0.3, 0.4) is 0 Å². The summed E-state index contributed by atoms with van der Waals surface area (Å²) in [6, 6.07) is 18.1. The molecule has 156 valence electrons. The summed E-state index contributed by atoms with van der Waals surface area (Å²) in [5.74, 6) is 0.923. The molecule has 2 aromatic carbocycles. The summed E-state index contributed by atoms with van der Waals surface area (Å²) < 4.78 is 29.4. The van der Waals surface area contributed by atoms with Gasteiger partial charge in [-0.3, -0.25) is 0 Å². The fourth-order valence-corrected chi connectivity index (χ4v) is 8.24. The molecule has 2 aromatic rings. The van der Waals surface area contributed by atoms with E-state index in [-0.39, 0.29) is 0 Å². The Kier molecular flexibility index (Phi) is 7.45. The van der Waals surface area contributed by atoms with Gasteiger partial charge in [0.2, 0.25) is 0 Å². The van der Waals surface area contributed by atoms with E-state index in [1.54, 1.807) is 21.3 Å². The van der Waals surface area contributed by atoms with Crippen molar-refractivity contribution in [3.05, 3.63) is 72.3 Å². The van der Waals surface area contributed by atoms with Crippen molar-refractivity contribution in [1.29, 1.82) is 0 Å². The van der Waals surface area contributed by atoms with E-state index in [1.165, 1.54) is 5.56 Å². The number of fused-ring (bicyclic) bond motifs is 1. The van der Waals surface area contributed by atoms with E-state index in [4.69, 9.17) is 22.1 Å². The summed E-state index contributed by atoms with van der Waals surface area (Å²) in [6.45, 7) is 4.48. The maximum Gasteiger partial charge on any atom is 0.500 e. The van der Waals surface area contributed by atoms with Gasteiger partial charge in [0, 0.05) is 44.2 Å². The van der Waals surface area contributed by atoms with Gasteiger partial charge >= 0.3 is 17.4 Å². The van der Waals surface area contributed by atoms with Crippen LogP contribution in [0.25, 0.3) is 0 Å². The van der Waals surface area contributed by atoms with E-state index in [0.717, 1.165) is 41.4 Å². The van der Waals surface area contributed by atoms with Gasteiger partial charge in [-0.2, -0.15) is 0 Å². The summed E-state index contributed by atoms with van der Waals surface area (Å²) >= 11 is 0. The average Bonchev–Trinajstić information content (AvgIpc) is 2.78. The molecule has 0 aromatic heterocycles. The lowest BCUT2D eigenvalue weighted by Crippen LogP contribution is -2.57. The molecule has 0 radical (unpaired) electrons. The first kappa shape index (κ1) is 22.0. The Hall–Kier alpha value is -1.75. The first-order valence-corrected chi connectivity index (χ1v) is 13.8. The zero-order chi connectivity index (χ0) is 20.7. The monoisotopic (exact) mass is 430 g/mol. The molecule has 1 aliphatic rings. The first-order chi connectivity index (χ1) is 14.1. The fourth-order valence-electron chi connectivity index (χ4n) is 3.71. The largest absolute Gasteiger partial charge is 0.517 e. The van der Waals surface area contributed by atoms with Gasteiger partial charge in [-0.15, -0.1) is 6.58 Å². The second-order valence-electron chi connectivity index (χ2n) is 7.09. The lowest BCUT2D eigenvalue weighted by molar-refractivity contribution is 0.123. The molecule has 0 spiro atoms. The SMILES string of the molecule is C=CC[Si]1(c2ccccc2)OCc2cc(CCC[Si](OC)(OC)OC)ccc2O1. The van der Waals surface area contributed by atoms with Gasteiger partial charge in [0.25, 0.3) is 0 Å². The highest BCUT2D eigenvalue weighted by Gasteiger charge is 2.44.